The van der Waals surface area contributed by atoms with Crippen LogP contribution in [0.3, 0.4) is 0 Å². The third-order valence-electron chi connectivity index (χ3n) is 4.11. The molecule has 1 aliphatic heterocycles. The fraction of sp³-hybridized carbons (Fsp3) is 0.500. The lowest BCUT2D eigenvalue weighted by molar-refractivity contribution is -0.140. The first kappa shape index (κ1) is 15.4. The second-order valence-electron chi connectivity index (χ2n) is 5.54. The number of rotatable bonds is 5. The molecular formula is C16H22N2O3. The normalized spacial score (nSPS) is 16.3. The fourth-order valence-corrected chi connectivity index (χ4v) is 2.62. The average molecular weight is 290 g/mol. The molecule has 0 spiro atoms. The molecule has 0 aliphatic carbocycles. The summed E-state index contributed by atoms with van der Waals surface area (Å²) in [5.74, 6) is -1.40. The van der Waals surface area contributed by atoms with Gasteiger partial charge in [-0.25, -0.2) is 4.79 Å². The smallest absolute Gasteiger partial charge is 0.326 e. The minimum atomic E-state index is -0.986. The molecule has 0 saturated carbocycles. The molecule has 5 nitrogen and oxygen atoms in total. The number of carbonyl (C=O) groups is 2. The molecule has 1 aromatic carbocycles. The highest BCUT2D eigenvalue weighted by Gasteiger charge is 2.27. The highest BCUT2D eigenvalue weighted by molar-refractivity contribution is 5.99. The number of hydrogen-bond donors (Lipinski definition) is 3. The largest absolute Gasteiger partial charge is 0.480 e. The number of hydrogen-bond acceptors (Lipinski definition) is 3. The molecule has 0 bridgehead atoms. The van der Waals surface area contributed by atoms with Crippen molar-refractivity contribution in [3.8, 4) is 0 Å². The Labute approximate surface area is 124 Å². The lowest BCUT2D eigenvalue weighted by Crippen LogP contribution is -2.45. The fourth-order valence-electron chi connectivity index (χ4n) is 2.62. The van der Waals surface area contributed by atoms with Crippen molar-refractivity contribution < 1.29 is 14.7 Å². The maximum Gasteiger partial charge on any atom is 0.326 e. The van der Waals surface area contributed by atoms with Crippen LogP contribution in [0, 0.1) is 5.92 Å². The number of benzene rings is 1. The summed E-state index contributed by atoms with van der Waals surface area (Å²) in [7, 11) is 0. The van der Waals surface area contributed by atoms with E-state index in [4.69, 9.17) is 0 Å². The van der Waals surface area contributed by atoms with Gasteiger partial charge in [0, 0.05) is 17.8 Å². The summed E-state index contributed by atoms with van der Waals surface area (Å²) in [5.41, 5.74) is 2.54. The van der Waals surface area contributed by atoms with Gasteiger partial charge in [-0.3, -0.25) is 4.79 Å². The Morgan fingerprint density at radius 1 is 1.43 bits per heavy atom. The Morgan fingerprint density at radius 3 is 2.86 bits per heavy atom. The molecule has 1 aliphatic rings. The number of nitrogens with one attached hydrogen (secondary N) is 2. The van der Waals surface area contributed by atoms with Crippen LogP contribution in [0.2, 0.25) is 0 Å². The monoisotopic (exact) mass is 290 g/mol. The van der Waals surface area contributed by atoms with Gasteiger partial charge in [-0.15, -0.1) is 0 Å². The summed E-state index contributed by atoms with van der Waals surface area (Å²) in [6, 6.07) is 4.69. The van der Waals surface area contributed by atoms with E-state index in [0.29, 0.717) is 12.0 Å². The molecule has 1 amide bonds. The second kappa shape index (κ2) is 6.61. The molecule has 5 heteroatoms. The van der Waals surface area contributed by atoms with Crippen LogP contribution in [0.5, 0.6) is 0 Å². The van der Waals surface area contributed by atoms with E-state index in [1.165, 1.54) is 0 Å². The predicted molar refractivity (Wildman–Crippen MR) is 81.6 cm³/mol. The van der Waals surface area contributed by atoms with Gasteiger partial charge in [0.1, 0.15) is 6.04 Å². The van der Waals surface area contributed by atoms with E-state index in [1.807, 2.05) is 26.0 Å². The van der Waals surface area contributed by atoms with Crippen LogP contribution in [0.1, 0.15) is 42.6 Å². The highest BCUT2D eigenvalue weighted by atomic mass is 16.4. The number of anilines is 1. The van der Waals surface area contributed by atoms with Crippen molar-refractivity contribution in [1.29, 1.82) is 0 Å². The average Bonchev–Trinajstić information content (AvgIpc) is 2.50. The first-order chi connectivity index (χ1) is 10.0. The van der Waals surface area contributed by atoms with E-state index in [-0.39, 0.29) is 11.8 Å². The van der Waals surface area contributed by atoms with E-state index >= 15 is 0 Å². The van der Waals surface area contributed by atoms with Crippen LogP contribution >= 0.6 is 0 Å². The molecular weight excluding hydrogens is 268 g/mol. The van der Waals surface area contributed by atoms with Gasteiger partial charge in [-0.1, -0.05) is 26.3 Å². The van der Waals surface area contributed by atoms with Crippen LogP contribution < -0.4 is 10.6 Å². The predicted octanol–water partition coefficient (Wildman–Crippen LogP) is 2.27. The Kier molecular flexibility index (Phi) is 4.83. The lowest BCUT2D eigenvalue weighted by atomic mass is 9.95. The maximum atomic E-state index is 12.4. The summed E-state index contributed by atoms with van der Waals surface area (Å²) in [6.45, 7) is 4.66. The second-order valence-corrected chi connectivity index (χ2v) is 5.54. The number of carboxylic acid groups (broad SMARTS) is 1. The van der Waals surface area contributed by atoms with Gasteiger partial charge in [0.2, 0.25) is 0 Å². The van der Waals surface area contributed by atoms with E-state index in [0.717, 1.165) is 30.6 Å². The quantitative estimate of drug-likeness (QED) is 0.777. The van der Waals surface area contributed by atoms with Crippen molar-refractivity contribution in [2.45, 2.75) is 39.2 Å². The first-order valence-electron chi connectivity index (χ1n) is 7.44. The minimum Gasteiger partial charge on any atom is -0.480 e. The Hall–Kier alpha value is -2.04. The molecule has 3 N–H and O–H groups in total. The van der Waals surface area contributed by atoms with Crippen molar-refractivity contribution in [3.05, 3.63) is 29.3 Å². The van der Waals surface area contributed by atoms with Crippen LogP contribution in [-0.2, 0) is 11.2 Å². The third-order valence-corrected chi connectivity index (χ3v) is 4.11. The molecule has 0 aromatic heterocycles. The minimum absolute atomic E-state index is 0.107. The number of amides is 1. The third kappa shape index (κ3) is 3.35. The van der Waals surface area contributed by atoms with Crippen molar-refractivity contribution in [2.24, 2.45) is 5.92 Å². The summed E-state index contributed by atoms with van der Waals surface area (Å²) >= 11 is 0. The Bertz CT molecular complexity index is 542. The Balaban J connectivity index is 2.22. The molecule has 1 aromatic rings. The Morgan fingerprint density at radius 2 is 2.19 bits per heavy atom. The molecule has 0 saturated heterocycles. The standard InChI is InChI=1S/C16H22N2O3/c1-3-10(2)14(16(20)21)18-15(19)12-6-4-8-13-11(12)7-5-9-17-13/h4,6,8,10,14,17H,3,5,7,9H2,1-2H3,(H,18,19)(H,20,21)/t10-,14-/m0/s1. The van der Waals surface area contributed by atoms with Gasteiger partial charge in [0.25, 0.3) is 5.91 Å². The summed E-state index contributed by atoms with van der Waals surface area (Å²) < 4.78 is 0. The zero-order valence-corrected chi connectivity index (χ0v) is 12.5. The van der Waals surface area contributed by atoms with Gasteiger partial charge in [0.05, 0.1) is 0 Å². The van der Waals surface area contributed by atoms with E-state index in [1.54, 1.807) is 6.07 Å². The molecule has 1 heterocycles. The summed E-state index contributed by atoms with van der Waals surface area (Å²) in [5, 5.41) is 15.2. The van der Waals surface area contributed by atoms with Crippen LogP contribution in [0.25, 0.3) is 0 Å². The summed E-state index contributed by atoms with van der Waals surface area (Å²) in [6.07, 6.45) is 2.52. The topological polar surface area (TPSA) is 78.4 Å². The van der Waals surface area contributed by atoms with Gasteiger partial charge in [-0.2, -0.15) is 0 Å². The van der Waals surface area contributed by atoms with Crippen molar-refractivity contribution in [1.82, 2.24) is 5.32 Å². The SMILES string of the molecule is CC[C@H](C)[C@H](NC(=O)c1cccc2c1CCCN2)C(=O)O. The zero-order valence-electron chi connectivity index (χ0n) is 12.5. The van der Waals surface area contributed by atoms with E-state index in [9.17, 15) is 14.7 Å². The van der Waals surface area contributed by atoms with Gasteiger partial charge in [-0.05, 0) is 36.5 Å². The van der Waals surface area contributed by atoms with Crippen LogP contribution in [0.15, 0.2) is 18.2 Å². The number of aliphatic carboxylic acids is 1. The van der Waals surface area contributed by atoms with Crippen molar-refractivity contribution in [3.63, 3.8) is 0 Å². The molecule has 0 unspecified atom stereocenters. The molecule has 114 valence electrons. The van der Waals surface area contributed by atoms with Gasteiger partial charge < -0.3 is 15.7 Å². The van der Waals surface area contributed by atoms with Crippen LogP contribution in [-0.4, -0.2) is 29.6 Å². The van der Waals surface area contributed by atoms with Crippen molar-refractivity contribution in [2.75, 3.05) is 11.9 Å². The molecule has 0 radical (unpaired) electrons. The molecule has 21 heavy (non-hydrogen) atoms. The number of carbonyl (C=O) groups excluding carboxylic acids is 1. The first-order valence-corrected chi connectivity index (χ1v) is 7.44. The van der Waals surface area contributed by atoms with Gasteiger partial charge in [0.15, 0.2) is 0 Å². The zero-order chi connectivity index (χ0) is 15.4. The van der Waals surface area contributed by atoms with E-state index in [2.05, 4.69) is 10.6 Å². The number of fused-ring (bicyclic) bond motifs is 1. The van der Waals surface area contributed by atoms with Gasteiger partial charge >= 0.3 is 5.97 Å². The van der Waals surface area contributed by atoms with Crippen LogP contribution in [0.4, 0.5) is 5.69 Å². The summed E-state index contributed by atoms with van der Waals surface area (Å²) in [4.78, 5) is 23.8. The maximum absolute atomic E-state index is 12.4. The van der Waals surface area contributed by atoms with E-state index < -0.39 is 12.0 Å². The highest BCUT2D eigenvalue weighted by Crippen LogP contribution is 2.25. The lowest BCUT2D eigenvalue weighted by Gasteiger charge is -2.23. The molecule has 2 rings (SSSR count). The number of carboxylic acids is 1. The van der Waals surface area contributed by atoms with Crippen molar-refractivity contribution >= 4 is 17.6 Å². The molecule has 2 atom stereocenters. The molecule has 0 fully saturated rings.